The summed E-state index contributed by atoms with van der Waals surface area (Å²) >= 11 is 0. The Labute approximate surface area is 128 Å². The van der Waals surface area contributed by atoms with Gasteiger partial charge in [-0.15, -0.1) is 0 Å². The molecule has 3 rings (SSSR count). The number of piperidine rings is 1. The maximum Gasteiger partial charge on any atom is 0.316 e. The van der Waals surface area contributed by atoms with Crippen LogP contribution in [0.2, 0.25) is 0 Å². The normalized spacial score (nSPS) is 15.8. The Balaban J connectivity index is 1.56. The molecule has 0 spiro atoms. The Hall–Kier alpha value is -2.31. The number of anilines is 1. The van der Waals surface area contributed by atoms with Gasteiger partial charge in [-0.25, -0.2) is 24.3 Å². The number of aryl methyl sites for hydroxylation is 1. The van der Waals surface area contributed by atoms with E-state index in [9.17, 15) is 4.39 Å². The lowest BCUT2D eigenvalue weighted by molar-refractivity contribution is 0.156. The first-order valence-electron chi connectivity index (χ1n) is 7.44. The minimum absolute atomic E-state index is 0.0497. The summed E-state index contributed by atoms with van der Waals surface area (Å²) in [4.78, 5) is 18.0. The van der Waals surface area contributed by atoms with Crippen molar-refractivity contribution in [1.82, 2.24) is 19.9 Å². The first-order chi connectivity index (χ1) is 10.8. The van der Waals surface area contributed by atoms with E-state index in [1.54, 1.807) is 12.4 Å². The zero-order valence-electron chi connectivity index (χ0n) is 12.4. The Bertz CT molecular complexity index is 614. The lowest BCUT2D eigenvalue weighted by Gasteiger charge is -2.32. The lowest BCUT2D eigenvalue weighted by Crippen LogP contribution is -2.39. The van der Waals surface area contributed by atoms with E-state index in [2.05, 4.69) is 26.9 Å². The zero-order chi connectivity index (χ0) is 15.4. The monoisotopic (exact) mass is 303 g/mol. The number of halogens is 1. The van der Waals surface area contributed by atoms with Crippen molar-refractivity contribution in [3.63, 3.8) is 0 Å². The summed E-state index contributed by atoms with van der Waals surface area (Å²) in [5, 5.41) is 0. The van der Waals surface area contributed by atoms with E-state index in [4.69, 9.17) is 4.74 Å². The topological polar surface area (TPSA) is 64.0 Å². The fraction of sp³-hybridized carbons (Fsp3) is 0.467. The molecule has 0 aromatic carbocycles. The van der Waals surface area contributed by atoms with Crippen molar-refractivity contribution in [2.45, 2.75) is 32.3 Å². The van der Waals surface area contributed by atoms with Crippen LogP contribution >= 0.6 is 0 Å². The van der Waals surface area contributed by atoms with Gasteiger partial charge in [-0.3, -0.25) is 0 Å². The number of aromatic nitrogens is 4. The molecule has 0 bridgehead atoms. The summed E-state index contributed by atoms with van der Waals surface area (Å²) in [7, 11) is 0. The largest absolute Gasteiger partial charge is 0.460 e. The van der Waals surface area contributed by atoms with Crippen LogP contribution < -0.4 is 9.64 Å². The third kappa shape index (κ3) is 3.29. The van der Waals surface area contributed by atoms with Crippen LogP contribution in [0.4, 0.5) is 10.2 Å². The van der Waals surface area contributed by atoms with Crippen LogP contribution in [-0.2, 0) is 6.42 Å². The summed E-state index contributed by atoms with van der Waals surface area (Å²) in [6.45, 7) is 3.43. The zero-order valence-corrected chi connectivity index (χ0v) is 12.4. The van der Waals surface area contributed by atoms with Crippen molar-refractivity contribution >= 4 is 5.82 Å². The number of hydrogen-bond acceptors (Lipinski definition) is 6. The molecule has 116 valence electrons. The molecule has 3 heterocycles. The van der Waals surface area contributed by atoms with Crippen molar-refractivity contribution in [2.24, 2.45) is 0 Å². The van der Waals surface area contributed by atoms with Crippen LogP contribution in [0.15, 0.2) is 24.9 Å². The van der Waals surface area contributed by atoms with E-state index in [1.165, 1.54) is 12.5 Å². The molecular weight excluding hydrogens is 285 g/mol. The molecule has 0 atom stereocenters. The molecular formula is C15H18FN5O. The van der Waals surface area contributed by atoms with Gasteiger partial charge in [0.15, 0.2) is 11.6 Å². The summed E-state index contributed by atoms with van der Waals surface area (Å²) in [6, 6.07) is 0.406. The highest BCUT2D eigenvalue weighted by molar-refractivity contribution is 5.38. The molecule has 2 aromatic rings. The highest BCUT2D eigenvalue weighted by Gasteiger charge is 2.23. The number of rotatable bonds is 4. The van der Waals surface area contributed by atoms with Crippen LogP contribution in [0.3, 0.4) is 0 Å². The first kappa shape index (κ1) is 14.6. The molecule has 0 N–H and O–H groups in total. The molecule has 0 amide bonds. The van der Waals surface area contributed by atoms with Gasteiger partial charge in [0.1, 0.15) is 12.4 Å². The average Bonchev–Trinajstić information content (AvgIpc) is 2.57. The van der Waals surface area contributed by atoms with Gasteiger partial charge in [-0.05, 0) is 12.0 Å². The van der Waals surface area contributed by atoms with E-state index in [1.807, 2.05) is 4.90 Å². The molecule has 0 aliphatic carbocycles. The summed E-state index contributed by atoms with van der Waals surface area (Å²) in [5.74, 6) is -0.0302. The molecule has 7 heteroatoms. The van der Waals surface area contributed by atoms with Crippen molar-refractivity contribution in [2.75, 3.05) is 18.0 Å². The Morgan fingerprint density at radius 2 is 1.91 bits per heavy atom. The lowest BCUT2D eigenvalue weighted by atomic mass is 10.1. The smallest absolute Gasteiger partial charge is 0.316 e. The minimum atomic E-state index is -0.389. The average molecular weight is 303 g/mol. The first-order valence-corrected chi connectivity index (χ1v) is 7.44. The third-order valence-corrected chi connectivity index (χ3v) is 3.75. The van der Waals surface area contributed by atoms with E-state index in [0.29, 0.717) is 24.9 Å². The second-order valence-electron chi connectivity index (χ2n) is 5.23. The molecule has 0 unspecified atom stereocenters. The van der Waals surface area contributed by atoms with E-state index in [0.717, 1.165) is 24.8 Å². The number of nitrogens with zero attached hydrogens (tertiary/aromatic N) is 5. The van der Waals surface area contributed by atoms with Crippen LogP contribution in [0.5, 0.6) is 6.01 Å². The van der Waals surface area contributed by atoms with Crippen molar-refractivity contribution in [3.05, 3.63) is 36.3 Å². The van der Waals surface area contributed by atoms with E-state index in [-0.39, 0.29) is 11.9 Å². The van der Waals surface area contributed by atoms with Gasteiger partial charge >= 0.3 is 6.01 Å². The number of hydrogen-bond donors (Lipinski definition) is 0. The van der Waals surface area contributed by atoms with Gasteiger partial charge in [-0.1, -0.05) is 6.92 Å². The van der Waals surface area contributed by atoms with Crippen molar-refractivity contribution < 1.29 is 9.13 Å². The molecule has 2 aromatic heterocycles. The predicted molar refractivity (Wildman–Crippen MR) is 79.3 cm³/mol. The van der Waals surface area contributed by atoms with Gasteiger partial charge in [-0.2, -0.15) is 0 Å². The molecule has 1 aliphatic heterocycles. The molecule has 22 heavy (non-hydrogen) atoms. The summed E-state index contributed by atoms with van der Waals surface area (Å²) in [5.41, 5.74) is 1.08. The van der Waals surface area contributed by atoms with E-state index >= 15 is 0 Å². The third-order valence-electron chi connectivity index (χ3n) is 3.75. The highest BCUT2D eigenvalue weighted by Crippen LogP contribution is 2.21. The predicted octanol–water partition coefficient (Wildman–Crippen LogP) is 2.02. The van der Waals surface area contributed by atoms with Crippen molar-refractivity contribution in [1.29, 1.82) is 0 Å². The van der Waals surface area contributed by atoms with Crippen molar-refractivity contribution in [3.8, 4) is 6.01 Å². The molecule has 0 saturated carbocycles. The Kier molecular flexibility index (Phi) is 4.41. The fourth-order valence-corrected chi connectivity index (χ4v) is 2.46. The summed E-state index contributed by atoms with van der Waals surface area (Å²) in [6.07, 6.45) is 8.64. The Morgan fingerprint density at radius 3 is 2.55 bits per heavy atom. The second kappa shape index (κ2) is 6.64. The van der Waals surface area contributed by atoms with Gasteiger partial charge in [0.05, 0.1) is 6.20 Å². The summed E-state index contributed by atoms with van der Waals surface area (Å²) < 4.78 is 19.5. The number of ether oxygens (including phenoxy) is 1. The SMILES string of the molecule is CCc1cnc(OC2CCN(c3ncncc3F)CC2)nc1. The van der Waals surface area contributed by atoms with Crippen LogP contribution in [0.1, 0.15) is 25.3 Å². The van der Waals surface area contributed by atoms with Crippen LogP contribution in [0, 0.1) is 5.82 Å². The van der Waals surface area contributed by atoms with Gasteiger partial charge < -0.3 is 9.64 Å². The molecule has 0 radical (unpaired) electrons. The van der Waals surface area contributed by atoms with E-state index < -0.39 is 0 Å². The Morgan fingerprint density at radius 1 is 1.18 bits per heavy atom. The molecule has 1 saturated heterocycles. The van der Waals surface area contributed by atoms with Crippen LogP contribution in [0.25, 0.3) is 0 Å². The van der Waals surface area contributed by atoms with Crippen LogP contribution in [-0.4, -0.2) is 39.1 Å². The second-order valence-corrected chi connectivity index (χ2v) is 5.23. The van der Waals surface area contributed by atoms with Gasteiger partial charge in [0.25, 0.3) is 0 Å². The molecule has 6 nitrogen and oxygen atoms in total. The minimum Gasteiger partial charge on any atom is -0.460 e. The maximum absolute atomic E-state index is 13.7. The standard InChI is InChI=1S/C15H18FN5O/c1-2-11-7-18-15(19-8-11)22-12-3-5-21(6-4-12)14-13(16)9-17-10-20-14/h7-10,12H,2-6H2,1H3. The molecule has 1 aliphatic rings. The maximum atomic E-state index is 13.7. The molecule has 1 fully saturated rings. The van der Waals surface area contributed by atoms with Gasteiger partial charge in [0, 0.05) is 38.3 Å². The quantitative estimate of drug-likeness (QED) is 0.861. The highest BCUT2D eigenvalue weighted by atomic mass is 19.1. The fourth-order valence-electron chi connectivity index (χ4n) is 2.46. The van der Waals surface area contributed by atoms with Gasteiger partial charge in [0.2, 0.25) is 0 Å².